The van der Waals surface area contributed by atoms with Crippen LogP contribution in [0.15, 0.2) is 18.2 Å². The Morgan fingerprint density at radius 3 is 2.67 bits per heavy atom. The minimum Gasteiger partial charge on any atom is -0.497 e. The van der Waals surface area contributed by atoms with Crippen molar-refractivity contribution in [1.82, 2.24) is 9.80 Å². The summed E-state index contributed by atoms with van der Waals surface area (Å²) in [6.45, 7) is 6.32. The molecule has 5 heteroatoms. The van der Waals surface area contributed by atoms with Crippen molar-refractivity contribution in [2.75, 3.05) is 47.4 Å². The average Bonchev–Trinajstić information content (AvgIpc) is 2.50. The SMILES string of the molecule is COc1ccc(C(N)CN2CCN(C)C(C)C2)c(OC)c1. The van der Waals surface area contributed by atoms with Crippen LogP contribution in [0.25, 0.3) is 0 Å². The van der Waals surface area contributed by atoms with Crippen molar-refractivity contribution in [2.24, 2.45) is 5.73 Å². The fraction of sp³-hybridized carbons (Fsp3) is 0.625. The molecule has 2 rings (SSSR count). The molecule has 0 radical (unpaired) electrons. The molecule has 2 N–H and O–H groups in total. The van der Waals surface area contributed by atoms with Gasteiger partial charge in [-0.3, -0.25) is 4.90 Å². The van der Waals surface area contributed by atoms with E-state index in [-0.39, 0.29) is 6.04 Å². The highest BCUT2D eigenvalue weighted by Gasteiger charge is 2.23. The highest BCUT2D eigenvalue weighted by atomic mass is 16.5. The minimum absolute atomic E-state index is 0.0542. The van der Waals surface area contributed by atoms with Crippen LogP contribution in [-0.2, 0) is 0 Å². The van der Waals surface area contributed by atoms with E-state index in [0.717, 1.165) is 43.2 Å². The van der Waals surface area contributed by atoms with E-state index in [4.69, 9.17) is 15.2 Å². The highest BCUT2D eigenvalue weighted by Crippen LogP contribution is 2.29. The van der Waals surface area contributed by atoms with Gasteiger partial charge >= 0.3 is 0 Å². The zero-order chi connectivity index (χ0) is 15.4. The monoisotopic (exact) mass is 293 g/mol. The number of nitrogens with zero attached hydrogens (tertiary/aromatic N) is 2. The zero-order valence-corrected chi connectivity index (χ0v) is 13.5. The third-order valence-electron chi connectivity index (χ3n) is 4.34. The quantitative estimate of drug-likeness (QED) is 0.888. The molecule has 21 heavy (non-hydrogen) atoms. The van der Waals surface area contributed by atoms with Crippen LogP contribution in [0.3, 0.4) is 0 Å². The summed E-state index contributed by atoms with van der Waals surface area (Å²) in [6, 6.07) is 6.35. The van der Waals surface area contributed by atoms with Gasteiger partial charge in [-0.2, -0.15) is 0 Å². The number of hydrogen-bond acceptors (Lipinski definition) is 5. The Morgan fingerprint density at radius 1 is 1.29 bits per heavy atom. The number of piperazine rings is 1. The molecular formula is C16H27N3O2. The Bertz CT molecular complexity index is 467. The fourth-order valence-electron chi connectivity index (χ4n) is 2.79. The van der Waals surface area contributed by atoms with E-state index in [0.29, 0.717) is 6.04 Å². The molecule has 2 unspecified atom stereocenters. The lowest BCUT2D eigenvalue weighted by Crippen LogP contribution is -2.51. The molecule has 1 fully saturated rings. The van der Waals surface area contributed by atoms with Gasteiger partial charge in [-0.1, -0.05) is 6.07 Å². The Balaban J connectivity index is 2.04. The van der Waals surface area contributed by atoms with Gasteiger partial charge in [-0.25, -0.2) is 0 Å². The van der Waals surface area contributed by atoms with E-state index in [2.05, 4.69) is 23.8 Å². The summed E-state index contributed by atoms with van der Waals surface area (Å²) < 4.78 is 10.7. The molecule has 1 saturated heterocycles. The number of nitrogens with two attached hydrogens (primary N) is 1. The predicted molar refractivity (Wildman–Crippen MR) is 85.0 cm³/mol. The van der Waals surface area contributed by atoms with Crippen LogP contribution >= 0.6 is 0 Å². The molecule has 1 aromatic carbocycles. The maximum atomic E-state index is 6.40. The van der Waals surface area contributed by atoms with Gasteiger partial charge in [-0.15, -0.1) is 0 Å². The first-order valence-corrected chi connectivity index (χ1v) is 7.45. The molecule has 0 bridgehead atoms. The number of methoxy groups -OCH3 is 2. The molecule has 0 aromatic heterocycles. The maximum Gasteiger partial charge on any atom is 0.127 e. The van der Waals surface area contributed by atoms with E-state index in [1.165, 1.54) is 0 Å². The van der Waals surface area contributed by atoms with Crippen molar-refractivity contribution < 1.29 is 9.47 Å². The summed E-state index contributed by atoms with van der Waals surface area (Å²) in [6.07, 6.45) is 0. The van der Waals surface area contributed by atoms with Gasteiger partial charge in [0.1, 0.15) is 11.5 Å². The Kier molecular flexibility index (Phi) is 5.45. The molecule has 0 aliphatic carbocycles. The Labute approximate surface area is 127 Å². The molecule has 0 spiro atoms. The average molecular weight is 293 g/mol. The molecule has 1 heterocycles. The summed E-state index contributed by atoms with van der Waals surface area (Å²) >= 11 is 0. The summed E-state index contributed by atoms with van der Waals surface area (Å²) in [5.41, 5.74) is 7.43. The second-order valence-corrected chi connectivity index (χ2v) is 5.80. The normalized spacial score (nSPS) is 22.0. The Morgan fingerprint density at radius 2 is 2.05 bits per heavy atom. The lowest BCUT2D eigenvalue weighted by molar-refractivity contribution is 0.100. The van der Waals surface area contributed by atoms with Crippen molar-refractivity contribution in [2.45, 2.75) is 19.0 Å². The topological polar surface area (TPSA) is 51.0 Å². The lowest BCUT2D eigenvalue weighted by atomic mass is 10.0. The molecule has 0 saturated carbocycles. The molecule has 118 valence electrons. The second-order valence-electron chi connectivity index (χ2n) is 5.80. The Hall–Kier alpha value is -1.30. The first-order valence-electron chi connectivity index (χ1n) is 7.45. The van der Waals surface area contributed by atoms with E-state index in [9.17, 15) is 0 Å². The van der Waals surface area contributed by atoms with Crippen LogP contribution in [0.4, 0.5) is 0 Å². The smallest absolute Gasteiger partial charge is 0.127 e. The summed E-state index contributed by atoms with van der Waals surface area (Å²) in [4.78, 5) is 4.81. The largest absolute Gasteiger partial charge is 0.497 e. The van der Waals surface area contributed by atoms with E-state index in [1.54, 1.807) is 14.2 Å². The van der Waals surface area contributed by atoms with Crippen LogP contribution in [-0.4, -0.2) is 63.3 Å². The van der Waals surface area contributed by atoms with Gasteiger partial charge in [0.05, 0.1) is 14.2 Å². The number of rotatable bonds is 5. The number of ether oxygens (including phenoxy) is 2. The van der Waals surface area contributed by atoms with Crippen molar-refractivity contribution in [3.63, 3.8) is 0 Å². The molecule has 1 aliphatic rings. The molecule has 1 aromatic rings. The first-order chi connectivity index (χ1) is 10.0. The van der Waals surface area contributed by atoms with E-state index < -0.39 is 0 Å². The third kappa shape index (κ3) is 3.87. The summed E-state index contributed by atoms with van der Waals surface area (Å²) in [7, 11) is 5.50. The number of benzene rings is 1. The van der Waals surface area contributed by atoms with Crippen molar-refractivity contribution in [1.29, 1.82) is 0 Å². The molecule has 2 atom stereocenters. The summed E-state index contributed by atoms with van der Waals surface area (Å²) in [5, 5.41) is 0. The number of likely N-dealkylation sites (N-methyl/N-ethyl adjacent to an activating group) is 1. The van der Waals surface area contributed by atoms with Crippen LogP contribution in [0.1, 0.15) is 18.5 Å². The van der Waals surface area contributed by atoms with E-state index in [1.807, 2.05) is 18.2 Å². The van der Waals surface area contributed by atoms with Crippen molar-refractivity contribution in [3.8, 4) is 11.5 Å². The van der Waals surface area contributed by atoms with Gasteiger partial charge in [0, 0.05) is 49.9 Å². The second kappa shape index (κ2) is 7.11. The van der Waals surface area contributed by atoms with Crippen LogP contribution in [0.2, 0.25) is 0 Å². The number of hydrogen-bond donors (Lipinski definition) is 1. The molecule has 5 nitrogen and oxygen atoms in total. The van der Waals surface area contributed by atoms with Crippen molar-refractivity contribution in [3.05, 3.63) is 23.8 Å². The molecular weight excluding hydrogens is 266 g/mol. The van der Waals surface area contributed by atoms with Gasteiger partial charge < -0.3 is 20.1 Å². The predicted octanol–water partition coefficient (Wildman–Crippen LogP) is 1.34. The standard InChI is InChI=1S/C16H27N3O2/c1-12-10-19(8-7-18(12)2)11-15(17)14-6-5-13(20-3)9-16(14)21-4/h5-6,9,12,15H,7-8,10-11,17H2,1-4H3. The third-order valence-corrected chi connectivity index (χ3v) is 4.34. The molecule has 0 amide bonds. The lowest BCUT2D eigenvalue weighted by Gasteiger charge is -2.38. The van der Waals surface area contributed by atoms with Gasteiger partial charge in [-0.05, 0) is 20.0 Å². The van der Waals surface area contributed by atoms with Gasteiger partial charge in [0.25, 0.3) is 0 Å². The fourth-order valence-corrected chi connectivity index (χ4v) is 2.79. The molecule has 1 aliphatic heterocycles. The zero-order valence-electron chi connectivity index (χ0n) is 13.5. The first kappa shape index (κ1) is 16.1. The van der Waals surface area contributed by atoms with Gasteiger partial charge in [0.2, 0.25) is 0 Å². The van der Waals surface area contributed by atoms with Crippen LogP contribution < -0.4 is 15.2 Å². The van der Waals surface area contributed by atoms with Crippen molar-refractivity contribution >= 4 is 0 Å². The van der Waals surface area contributed by atoms with Crippen LogP contribution in [0, 0.1) is 0 Å². The van der Waals surface area contributed by atoms with E-state index >= 15 is 0 Å². The van der Waals surface area contributed by atoms with Gasteiger partial charge in [0.15, 0.2) is 0 Å². The highest BCUT2D eigenvalue weighted by molar-refractivity contribution is 5.42. The summed E-state index contributed by atoms with van der Waals surface area (Å²) in [5.74, 6) is 1.58. The van der Waals surface area contributed by atoms with Crippen LogP contribution in [0.5, 0.6) is 11.5 Å². The maximum absolute atomic E-state index is 6.40. The minimum atomic E-state index is -0.0542.